The predicted octanol–water partition coefficient (Wildman–Crippen LogP) is 4.36. The Morgan fingerprint density at radius 2 is 2.00 bits per heavy atom. The molecule has 3 aromatic rings. The number of hydrogen-bond donors (Lipinski definition) is 2. The highest BCUT2D eigenvalue weighted by atomic mass is 35.5. The summed E-state index contributed by atoms with van der Waals surface area (Å²) in [6, 6.07) is 16.3. The van der Waals surface area contributed by atoms with Crippen molar-refractivity contribution in [3.8, 4) is 11.3 Å². The number of imidazole rings is 1. The number of nitrogens with one attached hydrogen (secondary N) is 2. The van der Waals surface area contributed by atoms with Crippen LogP contribution in [0.3, 0.4) is 0 Å². The lowest BCUT2D eigenvalue weighted by molar-refractivity contribution is 0.509. The molecule has 0 radical (unpaired) electrons. The monoisotopic (exact) mass is 338 g/mol. The van der Waals surface area contributed by atoms with Gasteiger partial charge in [0.1, 0.15) is 17.3 Å². The first-order chi connectivity index (χ1) is 11.7. The van der Waals surface area contributed by atoms with E-state index in [0.29, 0.717) is 0 Å². The van der Waals surface area contributed by atoms with Gasteiger partial charge in [0, 0.05) is 29.4 Å². The van der Waals surface area contributed by atoms with Gasteiger partial charge in [-0.25, -0.2) is 4.98 Å². The van der Waals surface area contributed by atoms with Crippen LogP contribution >= 0.6 is 11.6 Å². The first-order valence-corrected chi connectivity index (χ1v) is 8.48. The summed E-state index contributed by atoms with van der Waals surface area (Å²) in [6.07, 6.45) is 0. The van der Waals surface area contributed by atoms with E-state index >= 15 is 0 Å². The lowest BCUT2D eigenvalue weighted by atomic mass is 10.1. The van der Waals surface area contributed by atoms with Gasteiger partial charge in [-0.05, 0) is 31.2 Å². The average Bonchev–Trinajstić information content (AvgIpc) is 2.96. The quantitative estimate of drug-likeness (QED) is 0.745. The summed E-state index contributed by atoms with van der Waals surface area (Å²) in [5.74, 6) is 2.07. The van der Waals surface area contributed by atoms with E-state index in [1.807, 2.05) is 24.3 Å². The molecule has 122 valence electrons. The molecule has 4 nitrogen and oxygen atoms in total. The second-order valence-electron chi connectivity index (χ2n) is 6.06. The van der Waals surface area contributed by atoms with E-state index in [2.05, 4.69) is 46.4 Å². The summed E-state index contributed by atoms with van der Waals surface area (Å²) in [4.78, 5) is 4.86. The van der Waals surface area contributed by atoms with E-state index in [0.717, 1.165) is 53.2 Å². The molecule has 0 amide bonds. The molecule has 24 heavy (non-hydrogen) atoms. The Balaban J connectivity index is 1.81. The summed E-state index contributed by atoms with van der Waals surface area (Å²) in [5.41, 5.74) is 4.27. The molecule has 0 saturated carbocycles. The Morgan fingerprint density at radius 1 is 1.17 bits per heavy atom. The maximum Gasteiger partial charge on any atom is 0.138 e. The Morgan fingerprint density at radius 3 is 2.79 bits per heavy atom. The van der Waals surface area contributed by atoms with Crippen molar-refractivity contribution in [2.45, 2.75) is 20.0 Å². The Kier molecular flexibility index (Phi) is 4.00. The molecule has 2 heterocycles. The van der Waals surface area contributed by atoms with Crippen molar-refractivity contribution < 1.29 is 0 Å². The molecule has 0 bridgehead atoms. The van der Waals surface area contributed by atoms with Crippen molar-refractivity contribution >= 4 is 23.1 Å². The zero-order chi connectivity index (χ0) is 16.5. The molecule has 4 rings (SSSR count). The van der Waals surface area contributed by atoms with Crippen LogP contribution in [0.5, 0.6) is 0 Å². The maximum absolute atomic E-state index is 6.18. The van der Waals surface area contributed by atoms with Gasteiger partial charge in [-0.1, -0.05) is 41.4 Å². The number of rotatable bonds is 3. The van der Waals surface area contributed by atoms with Gasteiger partial charge in [0.2, 0.25) is 0 Å². The largest absolute Gasteiger partial charge is 0.340 e. The van der Waals surface area contributed by atoms with Crippen molar-refractivity contribution in [3.05, 3.63) is 64.9 Å². The van der Waals surface area contributed by atoms with E-state index in [-0.39, 0.29) is 0 Å². The van der Waals surface area contributed by atoms with Gasteiger partial charge in [0.05, 0.1) is 6.54 Å². The second-order valence-corrected chi connectivity index (χ2v) is 6.49. The van der Waals surface area contributed by atoms with Gasteiger partial charge in [-0.3, -0.25) is 0 Å². The van der Waals surface area contributed by atoms with Crippen LogP contribution in [0, 0.1) is 6.92 Å². The minimum atomic E-state index is 0.720. The molecule has 5 heteroatoms. The third-order valence-corrected chi connectivity index (χ3v) is 4.49. The van der Waals surface area contributed by atoms with Crippen molar-refractivity contribution in [1.82, 2.24) is 14.9 Å². The molecule has 1 aromatic heterocycles. The fourth-order valence-corrected chi connectivity index (χ4v) is 3.19. The molecule has 1 aliphatic heterocycles. The van der Waals surface area contributed by atoms with Crippen LogP contribution in [0.25, 0.3) is 11.3 Å². The Bertz CT molecular complexity index is 868. The fraction of sp³-hybridized carbons (Fsp3) is 0.211. The molecule has 0 aliphatic carbocycles. The number of fused-ring (bicyclic) bond motifs is 1. The third kappa shape index (κ3) is 2.90. The topological polar surface area (TPSA) is 41.9 Å². The van der Waals surface area contributed by atoms with Crippen LogP contribution in [0.15, 0.2) is 48.5 Å². The standard InChI is InChI=1S/C19H19ClN4/c1-13-5-7-16(8-6-13)22-19-18(14-3-2-4-15(20)11-14)23-17-12-21-9-10-24(17)19/h2-8,11,21-22H,9-10,12H2,1H3. The van der Waals surface area contributed by atoms with Crippen molar-refractivity contribution in [2.75, 3.05) is 11.9 Å². The lowest BCUT2D eigenvalue weighted by Crippen LogP contribution is -2.28. The zero-order valence-electron chi connectivity index (χ0n) is 13.5. The number of halogens is 1. The number of benzene rings is 2. The number of aromatic nitrogens is 2. The van der Waals surface area contributed by atoms with Crippen LogP contribution in [0.1, 0.15) is 11.4 Å². The normalized spacial score (nSPS) is 13.6. The van der Waals surface area contributed by atoms with Crippen molar-refractivity contribution in [1.29, 1.82) is 0 Å². The van der Waals surface area contributed by atoms with Crippen molar-refractivity contribution in [2.24, 2.45) is 0 Å². The third-order valence-electron chi connectivity index (χ3n) is 4.25. The summed E-state index contributed by atoms with van der Waals surface area (Å²) in [5, 5.41) is 7.65. The van der Waals surface area contributed by atoms with Gasteiger partial charge >= 0.3 is 0 Å². The summed E-state index contributed by atoms with van der Waals surface area (Å²) in [7, 11) is 0. The van der Waals surface area contributed by atoms with Gasteiger partial charge in [0.15, 0.2) is 0 Å². The highest BCUT2D eigenvalue weighted by Crippen LogP contribution is 2.33. The maximum atomic E-state index is 6.18. The predicted molar refractivity (Wildman–Crippen MR) is 98.8 cm³/mol. The van der Waals surface area contributed by atoms with Crippen LogP contribution in [0.4, 0.5) is 11.5 Å². The molecule has 0 spiro atoms. The molecule has 0 unspecified atom stereocenters. The van der Waals surface area contributed by atoms with Gasteiger partial charge < -0.3 is 15.2 Å². The second kappa shape index (κ2) is 6.30. The molecule has 2 aromatic carbocycles. The van der Waals surface area contributed by atoms with E-state index in [9.17, 15) is 0 Å². The fourth-order valence-electron chi connectivity index (χ4n) is 3.00. The highest BCUT2D eigenvalue weighted by molar-refractivity contribution is 6.30. The van der Waals surface area contributed by atoms with E-state index in [1.54, 1.807) is 0 Å². The minimum absolute atomic E-state index is 0.720. The van der Waals surface area contributed by atoms with Crippen LogP contribution in [-0.4, -0.2) is 16.1 Å². The Labute approximate surface area is 146 Å². The van der Waals surface area contributed by atoms with E-state index < -0.39 is 0 Å². The molecule has 1 aliphatic rings. The van der Waals surface area contributed by atoms with Gasteiger partial charge in [-0.2, -0.15) is 0 Å². The average molecular weight is 339 g/mol. The van der Waals surface area contributed by atoms with Gasteiger partial charge in [0.25, 0.3) is 0 Å². The van der Waals surface area contributed by atoms with E-state index in [1.165, 1.54) is 5.56 Å². The van der Waals surface area contributed by atoms with Crippen LogP contribution in [-0.2, 0) is 13.1 Å². The minimum Gasteiger partial charge on any atom is -0.340 e. The smallest absolute Gasteiger partial charge is 0.138 e. The Hall–Kier alpha value is -2.30. The number of hydrogen-bond acceptors (Lipinski definition) is 3. The summed E-state index contributed by atoms with van der Waals surface area (Å²) >= 11 is 6.18. The number of aryl methyl sites for hydroxylation is 1. The van der Waals surface area contributed by atoms with Crippen molar-refractivity contribution in [3.63, 3.8) is 0 Å². The molecule has 2 N–H and O–H groups in total. The summed E-state index contributed by atoms with van der Waals surface area (Å²) < 4.78 is 2.26. The number of nitrogens with zero attached hydrogens (tertiary/aromatic N) is 2. The molecule has 0 fully saturated rings. The molecule has 0 atom stereocenters. The summed E-state index contributed by atoms with van der Waals surface area (Å²) in [6.45, 7) is 4.72. The lowest BCUT2D eigenvalue weighted by Gasteiger charge is -2.18. The molecular formula is C19H19ClN4. The first-order valence-electron chi connectivity index (χ1n) is 8.10. The number of anilines is 2. The van der Waals surface area contributed by atoms with Crippen LogP contribution < -0.4 is 10.6 Å². The highest BCUT2D eigenvalue weighted by Gasteiger charge is 2.21. The zero-order valence-corrected chi connectivity index (χ0v) is 14.3. The SMILES string of the molecule is Cc1ccc(Nc2c(-c3cccc(Cl)c3)nc3n2CCNC3)cc1. The van der Waals surface area contributed by atoms with Gasteiger partial charge in [-0.15, -0.1) is 0 Å². The molecular weight excluding hydrogens is 320 g/mol. The van der Waals surface area contributed by atoms with Crippen LogP contribution in [0.2, 0.25) is 5.02 Å². The first kappa shape index (κ1) is 15.2. The van der Waals surface area contributed by atoms with E-state index in [4.69, 9.17) is 16.6 Å². The molecule has 0 saturated heterocycles.